The normalized spacial score (nSPS) is 22.2. The van der Waals surface area contributed by atoms with Crippen molar-refractivity contribution >= 4 is 11.9 Å². The third-order valence-electron chi connectivity index (χ3n) is 3.84. The molecule has 122 valence electrons. The molecule has 1 aromatic heterocycles. The summed E-state index contributed by atoms with van der Waals surface area (Å²) in [6.45, 7) is 2.86. The van der Waals surface area contributed by atoms with E-state index in [4.69, 9.17) is 9.26 Å². The lowest BCUT2D eigenvalue weighted by Crippen LogP contribution is -2.45. The van der Waals surface area contributed by atoms with Gasteiger partial charge in [-0.25, -0.2) is 0 Å². The van der Waals surface area contributed by atoms with Gasteiger partial charge in [0.1, 0.15) is 12.0 Å². The highest BCUT2D eigenvalue weighted by Crippen LogP contribution is 2.25. The molecule has 1 aromatic rings. The molecule has 1 aliphatic carbocycles. The van der Waals surface area contributed by atoms with Crippen LogP contribution < -0.4 is 10.6 Å². The van der Waals surface area contributed by atoms with Crippen molar-refractivity contribution in [3.05, 3.63) is 18.0 Å². The van der Waals surface area contributed by atoms with E-state index in [2.05, 4.69) is 20.8 Å². The number of hydrogen-bond acceptors (Lipinski definition) is 5. The number of rotatable bonds is 5. The van der Waals surface area contributed by atoms with Crippen LogP contribution in [0.4, 0.5) is 0 Å². The van der Waals surface area contributed by atoms with Crippen molar-refractivity contribution in [3.63, 3.8) is 0 Å². The van der Waals surface area contributed by atoms with Crippen molar-refractivity contribution in [2.75, 3.05) is 13.7 Å². The Hall–Kier alpha value is -2.05. The summed E-state index contributed by atoms with van der Waals surface area (Å²) in [6.07, 6.45) is 5.14. The minimum atomic E-state index is -0.0607. The lowest BCUT2D eigenvalue weighted by atomic mass is 9.86. The van der Waals surface area contributed by atoms with E-state index in [1.807, 2.05) is 13.0 Å². The molecule has 22 heavy (non-hydrogen) atoms. The fraction of sp³-hybridized carbons (Fsp3) is 0.667. The van der Waals surface area contributed by atoms with Gasteiger partial charge < -0.3 is 19.9 Å². The molecule has 7 heteroatoms. The van der Waals surface area contributed by atoms with Gasteiger partial charge in [-0.1, -0.05) is 5.16 Å². The Balaban J connectivity index is 1.73. The van der Waals surface area contributed by atoms with E-state index in [1.165, 1.54) is 0 Å². The van der Waals surface area contributed by atoms with Gasteiger partial charge in [0.05, 0.1) is 19.1 Å². The van der Waals surface area contributed by atoms with Crippen LogP contribution in [0.3, 0.4) is 0 Å². The van der Waals surface area contributed by atoms with Gasteiger partial charge in [0.15, 0.2) is 5.96 Å². The van der Waals surface area contributed by atoms with Crippen LogP contribution in [0.25, 0.3) is 0 Å². The monoisotopic (exact) mass is 308 g/mol. The van der Waals surface area contributed by atoms with E-state index in [1.54, 1.807) is 13.3 Å². The van der Waals surface area contributed by atoms with Gasteiger partial charge >= 0.3 is 5.97 Å². The number of carbonyl (C=O) groups is 1. The van der Waals surface area contributed by atoms with Crippen molar-refractivity contribution in [2.45, 2.75) is 45.2 Å². The first kappa shape index (κ1) is 16.3. The zero-order valence-electron chi connectivity index (χ0n) is 13.2. The predicted octanol–water partition coefficient (Wildman–Crippen LogP) is 1.46. The van der Waals surface area contributed by atoms with Gasteiger partial charge in [-0.3, -0.25) is 9.79 Å². The average Bonchev–Trinajstić information content (AvgIpc) is 3.05. The molecule has 7 nitrogen and oxygen atoms in total. The van der Waals surface area contributed by atoms with E-state index >= 15 is 0 Å². The number of nitrogens with zero attached hydrogens (tertiary/aromatic N) is 2. The van der Waals surface area contributed by atoms with Crippen molar-refractivity contribution < 1.29 is 14.1 Å². The van der Waals surface area contributed by atoms with Crippen molar-refractivity contribution in [1.29, 1.82) is 0 Å². The number of hydrogen-bond donors (Lipinski definition) is 2. The van der Waals surface area contributed by atoms with E-state index in [0.29, 0.717) is 19.2 Å². The second kappa shape index (κ2) is 8.41. The number of carbonyl (C=O) groups excluding carboxylic acids is 1. The summed E-state index contributed by atoms with van der Waals surface area (Å²) in [5.41, 5.74) is 0.828. The highest BCUT2D eigenvalue weighted by Gasteiger charge is 2.27. The Labute approximate surface area is 130 Å². The quantitative estimate of drug-likeness (QED) is 0.486. The number of esters is 1. The van der Waals surface area contributed by atoms with Crippen LogP contribution in [0.1, 0.15) is 38.3 Å². The summed E-state index contributed by atoms with van der Waals surface area (Å²) >= 11 is 0. The number of nitrogens with one attached hydrogen (secondary N) is 2. The molecule has 0 atom stereocenters. The van der Waals surface area contributed by atoms with Crippen LogP contribution in [0.15, 0.2) is 21.8 Å². The minimum Gasteiger partial charge on any atom is -0.466 e. The Bertz CT molecular complexity index is 479. The molecule has 2 N–H and O–H groups in total. The van der Waals surface area contributed by atoms with Crippen LogP contribution in [-0.2, 0) is 16.1 Å². The molecule has 0 radical (unpaired) electrons. The molecule has 0 bridgehead atoms. The summed E-state index contributed by atoms with van der Waals surface area (Å²) in [7, 11) is 1.74. The first-order chi connectivity index (χ1) is 10.7. The maximum Gasteiger partial charge on any atom is 0.308 e. The Kier molecular flexibility index (Phi) is 6.24. The van der Waals surface area contributed by atoms with E-state index in [9.17, 15) is 4.79 Å². The minimum absolute atomic E-state index is 0.0445. The average molecular weight is 308 g/mol. The first-order valence-corrected chi connectivity index (χ1v) is 7.76. The Morgan fingerprint density at radius 3 is 2.82 bits per heavy atom. The Morgan fingerprint density at radius 2 is 2.23 bits per heavy atom. The molecular weight excluding hydrogens is 284 g/mol. The zero-order valence-corrected chi connectivity index (χ0v) is 13.2. The van der Waals surface area contributed by atoms with Crippen LogP contribution in [0, 0.1) is 5.92 Å². The molecule has 1 heterocycles. The second-order valence-electron chi connectivity index (χ2n) is 5.36. The summed E-state index contributed by atoms with van der Waals surface area (Å²) in [4.78, 5) is 15.9. The van der Waals surface area contributed by atoms with Crippen LogP contribution in [-0.4, -0.2) is 36.8 Å². The fourth-order valence-corrected chi connectivity index (χ4v) is 2.62. The molecule has 1 fully saturated rings. The largest absolute Gasteiger partial charge is 0.466 e. The van der Waals surface area contributed by atoms with E-state index in [-0.39, 0.29) is 11.9 Å². The zero-order chi connectivity index (χ0) is 15.8. The van der Waals surface area contributed by atoms with Crippen molar-refractivity contribution in [3.8, 4) is 0 Å². The summed E-state index contributed by atoms with van der Waals surface area (Å²) < 4.78 is 9.88. The lowest BCUT2D eigenvalue weighted by molar-refractivity contribution is -0.149. The molecular formula is C15H24N4O3. The maximum atomic E-state index is 11.7. The molecule has 1 saturated carbocycles. The number of ether oxygens (including phenoxy) is 1. The number of aliphatic imine (C=N–C) groups is 1. The van der Waals surface area contributed by atoms with Gasteiger partial charge in [-0.15, -0.1) is 0 Å². The summed E-state index contributed by atoms with van der Waals surface area (Å²) in [5, 5.41) is 10.4. The summed E-state index contributed by atoms with van der Waals surface area (Å²) in [6, 6.07) is 2.14. The third kappa shape index (κ3) is 4.75. The second-order valence-corrected chi connectivity index (χ2v) is 5.36. The maximum absolute atomic E-state index is 11.7. The fourth-order valence-electron chi connectivity index (χ4n) is 2.62. The van der Waals surface area contributed by atoms with E-state index in [0.717, 1.165) is 37.3 Å². The van der Waals surface area contributed by atoms with Gasteiger partial charge in [-0.05, 0) is 32.6 Å². The topological polar surface area (TPSA) is 88.8 Å². The number of aromatic nitrogens is 1. The lowest BCUT2D eigenvalue weighted by Gasteiger charge is -2.29. The van der Waals surface area contributed by atoms with Crippen LogP contribution >= 0.6 is 0 Å². The number of guanidine groups is 1. The van der Waals surface area contributed by atoms with Crippen molar-refractivity contribution in [1.82, 2.24) is 15.8 Å². The standard InChI is InChI=1S/C15H24N4O3/c1-3-21-14(20)11-4-6-12(7-5-11)18-15(16-2)17-10-13-8-9-22-19-13/h8-9,11-12H,3-7,10H2,1-2H3,(H2,16,17,18). The smallest absolute Gasteiger partial charge is 0.308 e. The molecule has 2 rings (SSSR count). The van der Waals surface area contributed by atoms with Gasteiger partial charge in [0, 0.05) is 19.2 Å². The third-order valence-corrected chi connectivity index (χ3v) is 3.84. The van der Waals surface area contributed by atoms with Crippen LogP contribution in [0.5, 0.6) is 0 Å². The molecule has 0 saturated heterocycles. The molecule has 0 spiro atoms. The Morgan fingerprint density at radius 1 is 1.45 bits per heavy atom. The van der Waals surface area contributed by atoms with Gasteiger partial charge in [0.25, 0.3) is 0 Å². The molecule has 0 unspecified atom stereocenters. The molecule has 0 amide bonds. The summed E-state index contributed by atoms with van der Waals surface area (Å²) in [5.74, 6) is 0.722. The SMILES string of the molecule is CCOC(=O)C1CCC(NC(=NC)NCc2ccon2)CC1. The predicted molar refractivity (Wildman–Crippen MR) is 82.2 cm³/mol. The molecule has 1 aliphatic rings. The van der Waals surface area contributed by atoms with Gasteiger partial charge in [-0.2, -0.15) is 0 Å². The molecule has 0 aromatic carbocycles. The van der Waals surface area contributed by atoms with Crippen molar-refractivity contribution in [2.24, 2.45) is 10.9 Å². The molecule has 0 aliphatic heterocycles. The van der Waals surface area contributed by atoms with Crippen LogP contribution in [0.2, 0.25) is 0 Å². The highest BCUT2D eigenvalue weighted by atomic mass is 16.5. The highest BCUT2D eigenvalue weighted by molar-refractivity contribution is 5.80. The van der Waals surface area contributed by atoms with Gasteiger partial charge in [0.2, 0.25) is 0 Å². The van der Waals surface area contributed by atoms with E-state index < -0.39 is 0 Å². The first-order valence-electron chi connectivity index (χ1n) is 7.76.